The van der Waals surface area contributed by atoms with Crippen LogP contribution in [0.2, 0.25) is 0 Å². The zero-order valence-electron chi connectivity index (χ0n) is 15.1. The quantitative estimate of drug-likeness (QED) is 0.806. The Kier molecular flexibility index (Phi) is 6.24. The molecule has 3 rings (SSSR count). The zero-order valence-corrected chi connectivity index (χ0v) is 15.1. The number of carbonyl (C=O) groups is 1. The smallest absolute Gasteiger partial charge is 0.367 e. The maximum Gasteiger partial charge on any atom is 0.391 e. The number of hydrogen-bond acceptors (Lipinski definition) is 3. The third-order valence-corrected chi connectivity index (χ3v) is 5.49. The van der Waals surface area contributed by atoms with Gasteiger partial charge in [-0.1, -0.05) is 12.1 Å². The Morgan fingerprint density at radius 3 is 2.26 bits per heavy atom. The van der Waals surface area contributed by atoms with Gasteiger partial charge in [0.05, 0.1) is 18.2 Å². The Morgan fingerprint density at radius 2 is 1.67 bits per heavy atom. The SMILES string of the molecule is O=C(CN1CCN(c2ccccc2F)CC1)NC1CCC(C(F)(F)F)CC1. The zero-order chi connectivity index (χ0) is 19.4. The fourth-order valence-corrected chi connectivity index (χ4v) is 3.90. The number of benzene rings is 1. The number of rotatable bonds is 4. The summed E-state index contributed by atoms with van der Waals surface area (Å²) in [5, 5.41) is 2.87. The number of carbonyl (C=O) groups excluding carboxylic acids is 1. The summed E-state index contributed by atoms with van der Waals surface area (Å²) >= 11 is 0. The van der Waals surface area contributed by atoms with Crippen LogP contribution in [-0.4, -0.2) is 55.7 Å². The molecule has 1 aliphatic carbocycles. The van der Waals surface area contributed by atoms with Crippen molar-refractivity contribution in [1.29, 1.82) is 0 Å². The van der Waals surface area contributed by atoms with E-state index in [0.717, 1.165) is 0 Å². The fourth-order valence-electron chi connectivity index (χ4n) is 3.90. The average molecular weight is 387 g/mol. The lowest BCUT2D eigenvalue weighted by Gasteiger charge is -2.36. The third kappa shape index (κ3) is 5.34. The Morgan fingerprint density at radius 1 is 1.04 bits per heavy atom. The largest absolute Gasteiger partial charge is 0.391 e. The van der Waals surface area contributed by atoms with Gasteiger partial charge in [-0.05, 0) is 37.8 Å². The highest BCUT2D eigenvalue weighted by Crippen LogP contribution is 2.37. The molecular weight excluding hydrogens is 362 g/mol. The molecule has 27 heavy (non-hydrogen) atoms. The van der Waals surface area contributed by atoms with Crippen LogP contribution >= 0.6 is 0 Å². The van der Waals surface area contributed by atoms with E-state index in [1.54, 1.807) is 18.2 Å². The molecule has 1 saturated carbocycles. The minimum Gasteiger partial charge on any atom is -0.367 e. The minimum absolute atomic E-state index is 0.0791. The first-order valence-corrected chi connectivity index (χ1v) is 9.41. The standard InChI is InChI=1S/C19H25F4N3O/c20-16-3-1-2-4-17(16)26-11-9-25(10-12-26)13-18(27)24-15-7-5-14(6-8-15)19(21,22)23/h1-4,14-15H,5-13H2,(H,24,27). The van der Waals surface area contributed by atoms with Crippen LogP contribution in [0.4, 0.5) is 23.2 Å². The molecule has 0 bridgehead atoms. The second-order valence-electron chi connectivity index (χ2n) is 7.37. The number of nitrogens with zero attached hydrogens (tertiary/aromatic N) is 2. The van der Waals surface area contributed by atoms with Gasteiger partial charge in [0.25, 0.3) is 0 Å². The van der Waals surface area contributed by atoms with Crippen molar-refractivity contribution in [3.05, 3.63) is 30.1 Å². The van der Waals surface area contributed by atoms with E-state index in [1.165, 1.54) is 6.07 Å². The van der Waals surface area contributed by atoms with Crippen molar-refractivity contribution in [3.8, 4) is 0 Å². The molecule has 1 heterocycles. The molecular formula is C19H25F4N3O. The third-order valence-electron chi connectivity index (χ3n) is 5.49. The van der Waals surface area contributed by atoms with E-state index in [2.05, 4.69) is 5.32 Å². The molecule has 150 valence electrons. The summed E-state index contributed by atoms with van der Waals surface area (Å²) in [7, 11) is 0. The van der Waals surface area contributed by atoms with Gasteiger partial charge in [0.1, 0.15) is 5.82 Å². The lowest BCUT2D eigenvalue weighted by atomic mass is 9.85. The highest BCUT2D eigenvalue weighted by molar-refractivity contribution is 5.78. The van der Waals surface area contributed by atoms with Crippen molar-refractivity contribution in [2.24, 2.45) is 5.92 Å². The van der Waals surface area contributed by atoms with Crippen LogP contribution in [0, 0.1) is 11.7 Å². The average Bonchev–Trinajstić information content (AvgIpc) is 2.62. The van der Waals surface area contributed by atoms with Crippen molar-refractivity contribution < 1.29 is 22.4 Å². The van der Waals surface area contributed by atoms with Gasteiger partial charge in [0.2, 0.25) is 5.91 Å². The molecule has 1 amide bonds. The Labute approximate surface area is 156 Å². The van der Waals surface area contributed by atoms with Gasteiger partial charge in [-0.3, -0.25) is 9.69 Å². The van der Waals surface area contributed by atoms with Crippen molar-refractivity contribution >= 4 is 11.6 Å². The second-order valence-corrected chi connectivity index (χ2v) is 7.37. The van der Waals surface area contributed by atoms with Gasteiger partial charge in [0.15, 0.2) is 0 Å². The van der Waals surface area contributed by atoms with Crippen molar-refractivity contribution in [2.75, 3.05) is 37.6 Å². The molecule has 1 aromatic carbocycles. The summed E-state index contributed by atoms with van der Waals surface area (Å²) in [6, 6.07) is 6.46. The van der Waals surface area contributed by atoms with Crippen molar-refractivity contribution in [1.82, 2.24) is 10.2 Å². The summed E-state index contributed by atoms with van der Waals surface area (Å²) in [5.74, 6) is -1.64. The van der Waals surface area contributed by atoms with Crippen LogP contribution in [0.15, 0.2) is 24.3 Å². The number of nitrogens with one attached hydrogen (secondary N) is 1. The Balaban J connectivity index is 1.39. The van der Waals surface area contributed by atoms with E-state index in [9.17, 15) is 22.4 Å². The van der Waals surface area contributed by atoms with Gasteiger partial charge in [0, 0.05) is 32.2 Å². The van der Waals surface area contributed by atoms with Gasteiger partial charge in [-0.15, -0.1) is 0 Å². The van der Waals surface area contributed by atoms with Crippen LogP contribution in [0.1, 0.15) is 25.7 Å². The van der Waals surface area contributed by atoms with E-state index in [-0.39, 0.29) is 37.2 Å². The van der Waals surface area contributed by atoms with Crippen molar-refractivity contribution in [3.63, 3.8) is 0 Å². The molecule has 0 aromatic heterocycles. The topological polar surface area (TPSA) is 35.6 Å². The molecule has 1 aliphatic heterocycles. The number of para-hydroxylation sites is 1. The normalized spacial score (nSPS) is 24.7. The second kappa shape index (κ2) is 8.46. The van der Waals surface area contributed by atoms with Crippen LogP contribution < -0.4 is 10.2 Å². The lowest BCUT2D eigenvalue weighted by Crippen LogP contribution is -2.51. The number of halogens is 4. The molecule has 4 nitrogen and oxygen atoms in total. The molecule has 0 radical (unpaired) electrons. The summed E-state index contributed by atoms with van der Waals surface area (Å²) in [4.78, 5) is 16.2. The maximum absolute atomic E-state index is 13.9. The van der Waals surface area contributed by atoms with Gasteiger partial charge in [-0.25, -0.2) is 4.39 Å². The van der Waals surface area contributed by atoms with Crippen LogP contribution in [0.25, 0.3) is 0 Å². The lowest BCUT2D eigenvalue weighted by molar-refractivity contribution is -0.182. The first kappa shape index (κ1) is 19.9. The van der Waals surface area contributed by atoms with Crippen molar-refractivity contribution in [2.45, 2.75) is 37.9 Å². The predicted molar refractivity (Wildman–Crippen MR) is 95.0 cm³/mol. The summed E-state index contributed by atoms with van der Waals surface area (Å²) in [6.45, 7) is 2.77. The number of amides is 1. The van der Waals surface area contributed by atoms with Crippen LogP contribution in [0.5, 0.6) is 0 Å². The molecule has 0 atom stereocenters. The first-order valence-electron chi connectivity index (χ1n) is 9.41. The Hall–Kier alpha value is -1.83. The molecule has 0 unspecified atom stereocenters. The highest BCUT2D eigenvalue weighted by Gasteiger charge is 2.41. The van der Waals surface area contributed by atoms with E-state index >= 15 is 0 Å². The first-order chi connectivity index (χ1) is 12.8. The number of alkyl halides is 3. The van der Waals surface area contributed by atoms with Gasteiger partial charge >= 0.3 is 6.18 Å². The fraction of sp³-hybridized carbons (Fsp3) is 0.632. The van der Waals surface area contributed by atoms with Crippen LogP contribution in [-0.2, 0) is 4.79 Å². The molecule has 0 spiro atoms. The van der Waals surface area contributed by atoms with Gasteiger partial charge in [-0.2, -0.15) is 13.2 Å². The Bertz CT molecular complexity index is 636. The van der Waals surface area contributed by atoms with Crippen LogP contribution in [0.3, 0.4) is 0 Å². The predicted octanol–water partition coefficient (Wildman–Crippen LogP) is 3.19. The molecule has 1 aromatic rings. The monoisotopic (exact) mass is 387 g/mol. The molecule has 8 heteroatoms. The minimum atomic E-state index is -4.13. The van der Waals surface area contributed by atoms with Gasteiger partial charge < -0.3 is 10.2 Å². The summed E-state index contributed by atoms with van der Waals surface area (Å²) < 4.78 is 51.9. The van der Waals surface area contributed by atoms with E-state index in [1.807, 2.05) is 9.80 Å². The highest BCUT2D eigenvalue weighted by atomic mass is 19.4. The van der Waals surface area contributed by atoms with E-state index in [4.69, 9.17) is 0 Å². The maximum atomic E-state index is 13.9. The molecule has 1 saturated heterocycles. The number of anilines is 1. The molecule has 2 fully saturated rings. The van der Waals surface area contributed by atoms with E-state index in [0.29, 0.717) is 44.7 Å². The summed E-state index contributed by atoms with van der Waals surface area (Å²) in [6.07, 6.45) is -3.23. The van der Waals surface area contributed by atoms with E-state index < -0.39 is 12.1 Å². The number of piperazine rings is 1. The molecule has 2 aliphatic rings. The molecule has 1 N–H and O–H groups in total. The summed E-state index contributed by atoms with van der Waals surface area (Å²) in [5.41, 5.74) is 0.572. The number of hydrogen-bond donors (Lipinski definition) is 1.